The van der Waals surface area contributed by atoms with E-state index in [1.165, 1.54) is 0 Å². The smallest absolute Gasteiger partial charge is 0.307 e. The van der Waals surface area contributed by atoms with E-state index in [1.807, 2.05) is 25.1 Å². The van der Waals surface area contributed by atoms with E-state index in [9.17, 15) is 9.59 Å². The monoisotopic (exact) mass is 339 g/mol. The molecule has 2 rings (SSSR count). The van der Waals surface area contributed by atoms with Crippen LogP contribution in [-0.2, 0) is 16.0 Å². The van der Waals surface area contributed by atoms with Gasteiger partial charge in [-0.2, -0.15) is 0 Å². The SMILES string of the molecule is CCc1cc(Br)ccc1NC(=O)C1CCCC1C(=O)O. The van der Waals surface area contributed by atoms with Crippen molar-refractivity contribution in [2.24, 2.45) is 11.8 Å². The summed E-state index contributed by atoms with van der Waals surface area (Å²) in [5.74, 6) is -2.00. The number of benzene rings is 1. The lowest BCUT2D eigenvalue weighted by Crippen LogP contribution is -2.30. The van der Waals surface area contributed by atoms with E-state index in [0.717, 1.165) is 28.6 Å². The molecular weight excluding hydrogens is 322 g/mol. The molecule has 0 heterocycles. The Kier molecular flexibility index (Phi) is 4.81. The maximum atomic E-state index is 12.3. The highest BCUT2D eigenvalue weighted by Crippen LogP contribution is 2.33. The minimum Gasteiger partial charge on any atom is -0.481 e. The van der Waals surface area contributed by atoms with Gasteiger partial charge in [0.15, 0.2) is 0 Å². The molecule has 0 radical (unpaired) electrons. The zero-order valence-electron chi connectivity index (χ0n) is 11.4. The van der Waals surface area contributed by atoms with Crippen LogP contribution in [0.25, 0.3) is 0 Å². The Morgan fingerprint density at radius 2 is 2.05 bits per heavy atom. The number of aryl methyl sites for hydroxylation is 1. The van der Waals surface area contributed by atoms with Crippen molar-refractivity contribution in [1.29, 1.82) is 0 Å². The first-order valence-corrected chi connectivity index (χ1v) is 7.64. The van der Waals surface area contributed by atoms with Crippen LogP contribution in [0.4, 0.5) is 5.69 Å². The van der Waals surface area contributed by atoms with Crippen LogP contribution in [0.2, 0.25) is 0 Å². The molecule has 2 N–H and O–H groups in total. The van der Waals surface area contributed by atoms with Crippen molar-refractivity contribution < 1.29 is 14.7 Å². The lowest BCUT2D eigenvalue weighted by Gasteiger charge is -2.17. The number of carbonyl (C=O) groups excluding carboxylic acids is 1. The minimum absolute atomic E-state index is 0.174. The summed E-state index contributed by atoms with van der Waals surface area (Å²) in [5, 5.41) is 12.0. The van der Waals surface area contributed by atoms with Crippen molar-refractivity contribution in [3.8, 4) is 0 Å². The molecule has 0 bridgehead atoms. The number of hydrogen-bond acceptors (Lipinski definition) is 2. The van der Waals surface area contributed by atoms with Crippen LogP contribution in [-0.4, -0.2) is 17.0 Å². The molecule has 1 saturated carbocycles. The Morgan fingerprint density at radius 3 is 2.70 bits per heavy atom. The molecule has 2 atom stereocenters. The second-order valence-corrected chi connectivity index (χ2v) is 6.04. The molecule has 1 fully saturated rings. The van der Waals surface area contributed by atoms with Crippen molar-refractivity contribution in [3.63, 3.8) is 0 Å². The van der Waals surface area contributed by atoms with Gasteiger partial charge in [0, 0.05) is 10.2 Å². The van der Waals surface area contributed by atoms with Gasteiger partial charge in [-0.05, 0) is 43.0 Å². The molecule has 1 aromatic carbocycles. The second kappa shape index (κ2) is 6.39. The fourth-order valence-electron chi connectivity index (χ4n) is 2.77. The molecule has 20 heavy (non-hydrogen) atoms. The maximum Gasteiger partial charge on any atom is 0.307 e. The predicted octanol–water partition coefficient (Wildman–Crippen LogP) is 3.45. The van der Waals surface area contributed by atoms with Crippen molar-refractivity contribution in [1.82, 2.24) is 0 Å². The summed E-state index contributed by atoms with van der Waals surface area (Å²) in [6.07, 6.45) is 2.85. The van der Waals surface area contributed by atoms with E-state index in [1.54, 1.807) is 0 Å². The molecule has 108 valence electrons. The molecule has 0 aliphatic heterocycles. The molecule has 5 heteroatoms. The number of nitrogens with one attached hydrogen (secondary N) is 1. The molecule has 4 nitrogen and oxygen atoms in total. The van der Waals surface area contributed by atoms with Crippen molar-refractivity contribution in [3.05, 3.63) is 28.2 Å². The average Bonchev–Trinajstić information content (AvgIpc) is 2.90. The van der Waals surface area contributed by atoms with Gasteiger partial charge in [0.2, 0.25) is 5.91 Å². The van der Waals surface area contributed by atoms with E-state index >= 15 is 0 Å². The summed E-state index contributed by atoms with van der Waals surface area (Å²) in [4.78, 5) is 23.4. The standard InChI is InChI=1S/C15H18BrNO3/c1-2-9-8-10(16)6-7-13(9)17-14(18)11-4-3-5-12(11)15(19)20/h6-8,11-12H,2-5H2,1H3,(H,17,18)(H,19,20). The molecule has 2 unspecified atom stereocenters. The molecule has 0 spiro atoms. The predicted molar refractivity (Wildman–Crippen MR) is 80.6 cm³/mol. The quantitative estimate of drug-likeness (QED) is 0.882. The van der Waals surface area contributed by atoms with Crippen LogP contribution in [0.1, 0.15) is 31.7 Å². The Morgan fingerprint density at radius 1 is 1.35 bits per heavy atom. The first kappa shape index (κ1) is 15.0. The topological polar surface area (TPSA) is 66.4 Å². The van der Waals surface area contributed by atoms with Crippen LogP contribution < -0.4 is 5.32 Å². The third-order valence-electron chi connectivity index (χ3n) is 3.88. The number of aliphatic carboxylic acids is 1. The van der Waals surface area contributed by atoms with Crippen LogP contribution in [0.15, 0.2) is 22.7 Å². The van der Waals surface area contributed by atoms with Gasteiger partial charge in [-0.25, -0.2) is 0 Å². The summed E-state index contributed by atoms with van der Waals surface area (Å²) in [5.41, 5.74) is 1.81. The van der Waals surface area contributed by atoms with Gasteiger partial charge in [0.05, 0.1) is 11.8 Å². The summed E-state index contributed by atoms with van der Waals surface area (Å²) in [6.45, 7) is 2.02. The lowest BCUT2D eigenvalue weighted by atomic mass is 9.95. The molecule has 0 aromatic heterocycles. The van der Waals surface area contributed by atoms with Crippen LogP contribution in [0.5, 0.6) is 0 Å². The van der Waals surface area contributed by atoms with Gasteiger partial charge in [-0.15, -0.1) is 0 Å². The normalized spacial score (nSPS) is 21.7. The first-order valence-electron chi connectivity index (χ1n) is 6.85. The van der Waals surface area contributed by atoms with Crippen LogP contribution in [0.3, 0.4) is 0 Å². The molecule has 0 saturated heterocycles. The zero-order valence-corrected chi connectivity index (χ0v) is 12.9. The number of hydrogen-bond donors (Lipinski definition) is 2. The number of carboxylic acids is 1. The zero-order chi connectivity index (χ0) is 14.7. The minimum atomic E-state index is -0.867. The number of halogens is 1. The van der Waals surface area contributed by atoms with E-state index in [-0.39, 0.29) is 5.91 Å². The fraction of sp³-hybridized carbons (Fsp3) is 0.467. The third-order valence-corrected chi connectivity index (χ3v) is 4.37. The number of rotatable bonds is 4. The van der Waals surface area contributed by atoms with E-state index < -0.39 is 17.8 Å². The Hall–Kier alpha value is -1.36. The van der Waals surface area contributed by atoms with Gasteiger partial charge < -0.3 is 10.4 Å². The summed E-state index contributed by atoms with van der Waals surface area (Å²) in [7, 11) is 0. The molecular formula is C15H18BrNO3. The largest absolute Gasteiger partial charge is 0.481 e. The number of anilines is 1. The summed E-state index contributed by atoms with van der Waals surface area (Å²) in [6, 6.07) is 5.70. The Labute approximate surface area is 126 Å². The number of amides is 1. The van der Waals surface area contributed by atoms with E-state index in [4.69, 9.17) is 5.11 Å². The Bertz CT molecular complexity index is 530. The summed E-state index contributed by atoms with van der Waals surface area (Å²) >= 11 is 3.41. The molecule has 1 aliphatic rings. The Balaban J connectivity index is 2.13. The third kappa shape index (κ3) is 3.20. The fourth-order valence-corrected chi connectivity index (χ4v) is 3.18. The van der Waals surface area contributed by atoms with Crippen molar-refractivity contribution in [2.75, 3.05) is 5.32 Å². The molecule has 1 aliphatic carbocycles. The van der Waals surface area contributed by atoms with E-state index in [2.05, 4.69) is 21.2 Å². The van der Waals surface area contributed by atoms with Gasteiger partial charge in [0.1, 0.15) is 0 Å². The highest BCUT2D eigenvalue weighted by atomic mass is 79.9. The van der Waals surface area contributed by atoms with Gasteiger partial charge >= 0.3 is 5.97 Å². The van der Waals surface area contributed by atoms with Crippen molar-refractivity contribution in [2.45, 2.75) is 32.6 Å². The molecule has 1 aromatic rings. The van der Waals surface area contributed by atoms with Gasteiger partial charge in [-0.1, -0.05) is 29.3 Å². The maximum absolute atomic E-state index is 12.3. The van der Waals surface area contributed by atoms with Crippen LogP contribution >= 0.6 is 15.9 Å². The second-order valence-electron chi connectivity index (χ2n) is 5.13. The van der Waals surface area contributed by atoms with Gasteiger partial charge in [-0.3, -0.25) is 9.59 Å². The van der Waals surface area contributed by atoms with Crippen LogP contribution in [0, 0.1) is 11.8 Å². The molecule has 1 amide bonds. The average molecular weight is 340 g/mol. The van der Waals surface area contributed by atoms with E-state index in [0.29, 0.717) is 12.8 Å². The van der Waals surface area contributed by atoms with Crippen molar-refractivity contribution >= 4 is 33.5 Å². The first-order chi connectivity index (χ1) is 9.52. The summed E-state index contributed by atoms with van der Waals surface area (Å²) < 4.78 is 0.969. The number of carboxylic acid groups (broad SMARTS) is 1. The lowest BCUT2D eigenvalue weighted by molar-refractivity contribution is -0.145. The highest BCUT2D eigenvalue weighted by Gasteiger charge is 2.37. The number of carbonyl (C=O) groups is 2. The highest BCUT2D eigenvalue weighted by molar-refractivity contribution is 9.10. The van der Waals surface area contributed by atoms with Gasteiger partial charge in [0.25, 0.3) is 0 Å².